The number of fused-ring (bicyclic) bond motifs is 1. The summed E-state index contributed by atoms with van der Waals surface area (Å²) in [6.07, 6.45) is 3.80. The molecule has 0 spiro atoms. The Labute approximate surface area is 183 Å². The van der Waals surface area contributed by atoms with Crippen LogP contribution in [0.3, 0.4) is 0 Å². The first kappa shape index (κ1) is 19.4. The fourth-order valence-electron chi connectivity index (χ4n) is 3.59. The van der Waals surface area contributed by atoms with Crippen LogP contribution in [0.15, 0.2) is 54.2 Å². The van der Waals surface area contributed by atoms with Gasteiger partial charge in [-0.2, -0.15) is 5.10 Å². The molecular weight excluding hydrogens is 410 g/mol. The summed E-state index contributed by atoms with van der Waals surface area (Å²) in [6.45, 7) is 1.29. The minimum atomic E-state index is -0.0619. The number of amides is 1. The molecule has 7 nitrogen and oxygen atoms in total. The Morgan fingerprint density at radius 1 is 1.16 bits per heavy atom. The van der Waals surface area contributed by atoms with E-state index >= 15 is 0 Å². The van der Waals surface area contributed by atoms with Gasteiger partial charge in [-0.15, -0.1) is 11.3 Å². The van der Waals surface area contributed by atoms with Crippen LogP contribution in [0.1, 0.15) is 23.2 Å². The number of ether oxygens (including phenoxy) is 1. The number of benzene rings is 2. The Morgan fingerprint density at radius 3 is 2.87 bits per heavy atom. The van der Waals surface area contributed by atoms with E-state index in [1.54, 1.807) is 0 Å². The van der Waals surface area contributed by atoms with Crippen LogP contribution in [0.4, 0.5) is 0 Å². The lowest BCUT2D eigenvalue weighted by molar-refractivity contribution is -0.120. The molecule has 0 atom stereocenters. The molecule has 5 rings (SSSR count). The van der Waals surface area contributed by atoms with Crippen LogP contribution in [0.25, 0.3) is 22.0 Å². The zero-order chi connectivity index (χ0) is 21.0. The van der Waals surface area contributed by atoms with Gasteiger partial charge in [0.1, 0.15) is 12.1 Å². The molecule has 156 valence electrons. The summed E-state index contributed by atoms with van der Waals surface area (Å²) in [4.78, 5) is 20.8. The Kier molecular flexibility index (Phi) is 5.45. The van der Waals surface area contributed by atoms with Crippen molar-refractivity contribution in [3.05, 3.63) is 71.0 Å². The van der Waals surface area contributed by atoms with Gasteiger partial charge >= 0.3 is 0 Å². The molecule has 2 aromatic heterocycles. The van der Waals surface area contributed by atoms with E-state index in [0.29, 0.717) is 12.4 Å². The Balaban J connectivity index is 1.17. The number of aryl methyl sites for hydroxylation is 1. The molecule has 0 unspecified atom stereocenters. The summed E-state index contributed by atoms with van der Waals surface area (Å²) in [5, 5.41) is 12.2. The van der Waals surface area contributed by atoms with Crippen molar-refractivity contribution in [1.29, 1.82) is 0 Å². The highest BCUT2D eigenvalue weighted by atomic mass is 32.1. The van der Waals surface area contributed by atoms with E-state index in [0.717, 1.165) is 47.0 Å². The average Bonchev–Trinajstić information content (AvgIpc) is 3.50. The van der Waals surface area contributed by atoms with Gasteiger partial charge in [-0.3, -0.25) is 9.89 Å². The van der Waals surface area contributed by atoms with Gasteiger partial charge in [0.15, 0.2) is 10.8 Å². The van der Waals surface area contributed by atoms with E-state index in [-0.39, 0.29) is 12.3 Å². The predicted molar refractivity (Wildman–Crippen MR) is 119 cm³/mol. The summed E-state index contributed by atoms with van der Waals surface area (Å²) in [5.74, 6) is 1.55. The molecule has 1 amide bonds. The number of H-pyrrole nitrogens is 1. The van der Waals surface area contributed by atoms with Gasteiger partial charge < -0.3 is 10.1 Å². The number of nitrogens with zero attached hydrogens (tertiary/aromatic N) is 3. The van der Waals surface area contributed by atoms with Crippen molar-refractivity contribution in [3.8, 4) is 27.7 Å². The van der Waals surface area contributed by atoms with Gasteiger partial charge in [0.05, 0.1) is 18.7 Å². The summed E-state index contributed by atoms with van der Waals surface area (Å²) in [7, 11) is 0. The van der Waals surface area contributed by atoms with Gasteiger partial charge in [-0.1, -0.05) is 30.3 Å². The molecule has 4 aromatic rings. The second-order valence-electron chi connectivity index (χ2n) is 7.40. The summed E-state index contributed by atoms with van der Waals surface area (Å²) in [5.41, 5.74) is 5.39. The molecular formula is C23H21N5O2S. The fraction of sp³-hybridized carbons (Fsp3) is 0.217. The molecule has 3 heterocycles. The molecule has 2 N–H and O–H groups in total. The quantitative estimate of drug-likeness (QED) is 0.485. The van der Waals surface area contributed by atoms with E-state index in [2.05, 4.69) is 67.9 Å². The van der Waals surface area contributed by atoms with Crippen molar-refractivity contribution in [2.75, 3.05) is 6.61 Å². The van der Waals surface area contributed by atoms with Gasteiger partial charge in [-0.25, -0.2) is 9.97 Å². The van der Waals surface area contributed by atoms with Crippen LogP contribution in [0.5, 0.6) is 5.75 Å². The van der Waals surface area contributed by atoms with Crippen molar-refractivity contribution in [3.63, 3.8) is 0 Å². The highest BCUT2D eigenvalue weighted by Gasteiger charge is 2.12. The van der Waals surface area contributed by atoms with Gasteiger partial charge in [-0.05, 0) is 47.2 Å². The molecule has 1 aliphatic heterocycles. The standard InChI is InChI=1S/C23H21N5O2S/c29-21(11-19-13-31-23(27-19)22-25-14-26-28-22)24-12-15-3-5-16(6-4-15)17-7-8-20-18(10-17)2-1-9-30-20/h3-8,10,13-14H,1-2,9,11-12H2,(H,24,29)(H,25,26,28). The Hall–Kier alpha value is -3.52. The molecule has 0 saturated heterocycles. The SMILES string of the molecule is O=C(Cc1csc(-c2ncn[nH]2)n1)NCc1ccc(-c2ccc3c(c2)CCCO3)cc1. The first-order valence-corrected chi connectivity index (χ1v) is 11.0. The second-order valence-corrected chi connectivity index (χ2v) is 8.26. The highest BCUT2D eigenvalue weighted by Crippen LogP contribution is 2.30. The van der Waals surface area contributed by atoms with Gasteiger partial charge in [0.2, 0.25) is 5.91 Å². The van der Waals surface area contributed by atoms with Crippen LogP contribution in [0.2, 0.25) is 0 Å². The fourth-order valence-corrected chi connectivity index (χ4v) is 4.35. The minimum Gasteiger partial charge on any atom is -0.493 e. The maximum atomic E-state index is 12.3. The average molecular weight is 432 g/mol. The first-order chi connectivity index (χ1) is 15.2. The van der Waals surface area contributed by atoms with E-state index in [1.165, 1.54) is 28.8 Å². The molecule has 0 aliphatic carbocycles. The van der Waals surface area contributed by atoms with Crippen molar-refractivity contribution >= 4 is 17.2 Å². The molecule has 0 fully saturated rings. The zero-order valence-electron chi connectivity index (χ0n) is 16.8. The highest BCUT2D eigenvalue weighted by molar-refractivity contribution is 7.13. The van der Waals surface area contributed by atoms with Crippen LogP contribution in [-0.4, -0.2) is 32.7 Å². The number of aromatic amines is 1. The number of nitrogens with one attached hydrogen (secondary N) is 2. The normalized spacial score (nSPS) is 12.8. The largest absolute Gasteiger partial charge is 0.493 e. The lowest BCUT2D eigenvalue weighted by Crippen LogP contribution is -2.24. The van der Waals surface area contributed by atoms with Gasteiger partial charge in [0.25, 0.3) is 0 Å². The lowest BCUT2D eigenvalue weighted by atomic mass is 9.98. The maximum Gasteiger partial charge on any atom is 0.226 e. The van der Waals surface area contributed by atoms with Gasteiger partial charge in [0, 0.05) is 11.9 Å². The smallest absolute Gasteiger partial charge is 0.226 e. The van der Waals surface area contributed by atoms with Crippen molar-refractivity contribution in [1.82, 2.24) is 25.5 Å². The number of rotatable bonds is 6. The van der Waals surface area contributed by atoms with E-state index in [9.17, 15) is 4.79 Å². The molecule has 0 radical (unpaired) electrons. The van der Waals surface area contributed by atoms with Crippen molar-refractivity contribution in [2.24, 2.45) is 0 Å². The maximum absolute atomic E-state index is 12.3. The number of hydrogen-bond donors (Lipinski definition) is 2. The molecule has 0 saturated carbocycles. The first-order valence-electron chi connectivity index (χ1n) is 10.2. The molecule has 1 aliphatic rings. The monoisotopic (exact) mass is 431 g/mol. The Bertz CT molecular complexity index is 1190. The van der Waals surface area contributed by atoms with E-state index in [4.69, 9.17) is 4.74 Å². The van der Waals surface area contributed by atoms with Crippen molar-refractivity contribution < 1.29 is 9.53 Å². The number of aromatic nitrogens is 4. The predicted octanol–water partition coefficient (Wildman–Crippen LogP) is 3.78. The lowest BCUT2D eigenvalue weighted by Gasteiger charge is -2.18. The second kappa shape index (κ2) is 8.69. The summed E-state index contributed by atoms with van der Waals surface area (Å²) >= 11 is 1.44. The van der Waals surface area contributed by atoms with Crippen LogP contribution in [0, 0.1) is 0 Å². The zero-order valence-corrected chi connectivity index (χ0v) is 17.6. The third-order valence-electron chi connectivity index (χ3n) is 5.20. The third kappa shape index (κ3) is 4.49. The van der Waals surface area contributed by atoms with E-state index < -0.39 is 0 Å². The topological polar surface area (TPSA) is 92.8 Å². The number of hydrogen-bond acceptors (Lipinski definition) is 6. The molecule has 31 heavy (non-hydrogen) atoms. The van der Waals surface area contributed by atoms with Crippen LogP contribution in [-0.2, 0) is 24.2 Å². The molecule has 2 aromatic carbocycles. The number of thiazole rings is 1. The minimum absolute atomic E-state index is 0.0619. The molecule has 8 heteroatoms. The third-order valence-corrected chi connectivity index (χ3v) is 6.09. The van der Waals surface area contributed by atoms with Crippen LogP contribution >= 0.6 is 11.3 Å². The Morgan fingerprint density at radius 2 is 2.03 bits per heavy atom. The molecule has 0 bridgehead atoms. The van der Waals surface area contributed by atoms with Crippen LogP contribution < -0.4 is 10.1 Å². The summed E-state index contributed by atoms with van der Waals surface area (Å²) < 4.78 is 5.70. The summed E-state index contributed by atoms with van der Waals surface area (Å²) in [6, 6.07) is 14.7. The van der Waals surface area contributed by atoms with E-state index in [1.807, 2.05) is 5.38 Å². The number of carbonyl (C=O) groups excluding carboxylic acids is 1. The van der Waals surface area contributed by atoms with Crippen molar-refractivity contribution in [2.45, 2.75) is 25.8 Å². The number of carbonyl (C=O) groups is 1.